The van der Waals surface area contributed by atoms with E-state index in [2.05, 4.69) is 5.32 Å². The number of amides is 2. The molecule has 0 aliphatic carbocycles. The Bertz CT molecular complexity index is 706. The van der Waals surface area contributed by atoms with Crippen LogP contribution < -0.4 is 15.8 Å². The Morgan fingerprint density at radius 3 is 2.41 bits per heavy atom. The smallest absolute Gasteiger partial charge is 0.248 e. The van der Waals surface area contributed by atoms with Gasteiger partial charge in [0.1, 0.15) is 5.75 Å². The summed E-state index contributed by atoms with van der Waals surface area (Å²) in [6.07, 6.45) is 3.09. The van der Waals surface area contributed by atoms with Crippen LogP contribution in [0.3, 0.4) is 0 Å². The number of para-hydroxylation sites is 1. The lowest BCUT2D eigenvalue weighted by molar-refractivity contribution is -0.111. The number of anilines is 1. The van der Waals surface area contributed by atoms with E-state index in [0.29, 0.717) is 17.0 Å². The van der Waals surface area contributed by atoms with Crippen molar-refractivity contribution < 1.29 is 14.3 Å². The van der Waals surface area contributed by atoms with Crippen molar-refractivity contribution in [1.82, 2.24) is 0 Å². The molecule has 0 saturated heterocycles. The average Bonchev–Trinajstić information content (AvgIpc) is 2.53. The molecule has 2 amide bonds. The minimum Gasteiger partial charge on any atom is -0.496 e. The van der Waals surface area contributed by atoms with Crippen LogP contribution in [0.2, 0.25) is 0 Å². The summed E-state index contributed by atoms with van der Waals surface area (Å²) in [5, 5.41) is 2.70. The number of nitrogens with one attached hydrogen (secondary N) is 1. The van der Waals surface area contributed by atoms with Gasteiger partial charge in [0, 0.05) is 22.9 Å². The predicted molar refractivity (Wildman–Crippen MR) is 85.6 cm³/mol. The molecule has 0 heterocycles. The summed E-state index contributed by atoms with van der Waals surface area (Å²) >= 11 is 0. The van der Waals surface area contributed by atoms with Gasteiger partial charge in [-0.3, -0.25) is 9.59 Å². The topological polar surface area (TPSA) is 81.4 Å². The van der Waals surface area contributed by atoms with Crippen molar-refractivity contribution in [3.63, 3.8) is 0 Å². The molecule has 5 nitrogen and oxygen atoms in total. The van der Waals surface area contributed by atoms with E-state index >= 15 is 0 Å². The molecular formula is C17H16N2O3. The lowest BCUT2D eigenvalue weighted by atomic mass is 10.2. The summed E-state index contributed by atoms with van der Waals surface area (Å²) in [4.78, 5) is 22.8. The van der Waals surface area contributed by atoms with Crippen LogP contribution in [0.25, 0.3) is 6.08 Å². The first-order chi connectivity index (χ1) is 10.6. The van der Waals surface area contributed by atoms with Crippen molar-refractivity contribution in [1.29, 1.82) is 0 Å². The Labute approximate surface area is 128 Å². The van der Waals surface area contributed by atoms with Crippen molar-refractivity contribution in [2.75, 3.05) is 12.4 Å². The molecule has 0 atom stereocenters. The highest BCUT2D eigenvalue weighted by molar-refractivity contribution is 6.02. The largest absolute Gasteiger partial charge is 0.496 e. The summed E-state index contributed by atoms with van der Waals surface area (Å²) in [6, 6.07) is 13.7. The van der Waals surface area contributed by atoms with Crippen LogP contribution in [-0.2, 0) is 4.79 Å². The van der Waals surface area contributed by atoms with Crippen LogP contribution in [0.4, 0.5) is 5.69 Å². The molecule has 0 bridgehead atoms. The van der Waals surface area contributed by atoms with Crippen LogP contribution in [0.15, 0.2) is 54.6 Å². The Hall–Kier alpha value is -3.08. The van der Waals surface area contributed by atoms with Crippen molar-refractivity contribution in [2.45, 2.75) is 0 Å². The SMILES string of the molecule is COc1ccccc1/C=C/C(=O)Nc1ccc(C(N)=O)cc1. The molecule has 0 aromatic heterocycles. The lowest BCUT2D eigenvalue weighted by Gasteiger charge is -2.04. The fourth-order valence-electron chi connectivity index (χ4n) is 1.87. The average molecular weight is 296 g/mol. The molecule has 0 unspecified atom stereocenters. The zero-order valence-electron chi connectivity index (χ0n) is 12.1. The fourth-order valence-corrected chi connectivity index (χ4v) is 1.87. The number of methoxy groups -OCH3 is 1. The van der Waals surface area contributed by atoms with Gasteiger partial charge in [0.25, 0.3) is 0 Å². The maximum atomic E-state index is 11.9. The summed E-state index contributed by atoms with van der Waals surface area (Å²) in [7, 11) is 1.58. The number of carbonyl (C=O) groups excluding carboxylic acids is 2. The molecular weight excluding hydrogens is 280 g/mol. The van der Waals surface area contributed by atoms with Gasteiger partial charge in [-0.25, -0.2) is 0 Å². The van der Waals surface area contributed by atoms with Crippen LogP contribution >= 0.6 is 0 Å². The van der Waals surface area contributed by atoms with Gasteiger partial charge in [-0.2, -0.15) is 0 Å². The van der Waals surface area contributed by atoms with E-state index < -0.39 is 5.91 Å². The van der Waals surface area contributed by atoms with Gasteiger partial charge in [0.05, 0.1) is 7.11 Å². The second kappa shape index (κ2) is 7.08. The number of ether oxygens (including phenoxy) is 1. The van der Waals surface area contributed by atoms with Gasteiger partial charge in [-0.05, 0) is 36.4 Å². The first-order valence-corrected chi connectivity index (χ1v) is 6.62. The quantitative estimate of drug-likeness (QED) is 0.831. The van der Waals surface area contributed by atoms with Gasteiger partial charge >= 0.3 is 0 Å². The van der Waals surface area contributed by atoms with Crippen LogP contribution in [-0.4, -0.2) is 18.9 Å². The zero-order valence-corrected chi connectivity index (χ0v) is 12.1. The second-order valence-corrected chi connectivity index (χ2v) is 4.51. The van der Waals surface area contributed by atoms with E-state index in [1.807, 2.05) is 24.3 Å². The van der Waals surface area contributed by atoms with Crippen molar-refractivity contribution in [3.8, 4) is 5.75 Å². The molecule has 5 heteroatoms. The van der Waals surface area contributed by atoms with E-state index in [0.717, 1.165) is 5.56 Å². The highest BCUT2D eigenvalue weighted by Gasteiger charge is 2.02. The van der Waals surface area contributed by atoms with Gasteiger partial charge in [0.15, 0.2) is 0 Å². The van der Waals surface area contributed by atoms with Crippen molar-refractivity contribution in [3.05, 3.63) is 65.7 Å². The first kappa shape index (κ1) is 15.3. The molecule has 0 aliphatic heterocycles. The minimum absolute atomic E-state index is 0.280. The van der Waals surface area contributed by atoms with Crippen LogP contribution in [0.5, 0.6) is 5.75 Å². The highest BCUT2D eigenvalue weighted by Crippen LogP contribution is 2.18. The number of hydrogen-bond acceptors (Lipinski definition) is 3. The lowest BCUT2D eigenvalue weighted by Crippen LogP contribution is -2.11. The van der Waals surface area contributed by atoms with Gasteiger partial charge in [0.2, 0.25) is 11.8 Å². The number of primary amides is 1. The van der Waals surface area contributed by atoms with E-state index in [-0.39, 0.29) is 5.91 Å². The molecule has 112 valence electrons. The molecule has 2 aromatic rings. The molecule has 0 saturated carbocycles. The minimum atomic E-state index is -0.506. The number of carbonyl (C=O) groups is 2. The third kappa shape index (κ3) is 3.96. The monoisotopic (exact) mass is 296 g/mol. The number of rotatable bonds is 5. The van der Waals surface area contributed by atoms with Gasteiger partial charge in [-0.15, -0.1) is 0 Å². The Balaban J connectivity index is 2.03. The van der Waals surface area contributed by atoms with E-state index in [4.69, 9.17) is 10.5 Å². The van der Waals surface area contributed by atoms with Crippen LogP contribution in [0.1, 0.15) is 15.9 Å². The summed E-state index contributed by atoms with van der Waals surface area (Å²) in [5.41, 5.74) is 6.94. The molecule has 3 N–H and O–H groups in total. The normalized spacial score (nSPS) is 10.4. The number of benzene rings is 2. The highest BCUT2D eigenvalue weighted by atomic mass is 16.5. The zero-order chi connectivity index (χ0) is 15.9. The number of nitrogens with two attached hydrogens (primary N) is 1. The fraction of sp³-hybridized carbons (Fsp3) is 0.0588. The Morgan fingerprint density at radius 2 is 1.77 bits per heavy atom. The van der Waals surface area contributed by atoms with E-state index in [9.17, 15) is 9.59 Å². The molecule has 2 aromatic carbocycles. The Morgan fingerprint density at radius 1 is 1.09 bits per heavy atom. The molecule has 0 fully saturated rings. The van der Waals surface area contributed by atoms with Gasteiger partial charge in [-0.1, -0.05) is 18.2 Å². The van der Waals surface area contributed by atoms with E-state index in [1.54, 1.807) is 37.5 Å². The second-order valence-electron chi connectivity index (χ2n) is 4.51. The van der Waals surface area contributed by atoms with Gasteiger partial charge < -0.3 is 15.8 Å². The Kier molecular flexibility index (Phi) is 4.93. The maximum absolute atomic E-state index is 11.9. The molecule has 0 spiro atoms. The molecule has 2 rings (SSSR count). The molecule has 22 heavy (non-hydrogen) atoms. The number of hydrogen-bond donors (Lipinski definition) is 2. The summed E-state index contributed by atoms with van der Waals surface area (Å²) < 4.78 is 5.20. The van der Waals surface area contributed by atoms with E-state index in [1.165, 1.54) is 6.08 Å². The predicted octanol–water partition coefficient (Wildman–Crippen LogP) is 2.45. The van der Waals surface area contributed by atoms with Crippen LogP contribution in [0, 0.1) is 0 Å². The molecule has 0 radical (unpaired) electrons. The molecule has 0 aliphatic rings. The maximum Gasteiger partial charge on any atom is 0.248 e. The first-order valence-electron chi connectivity index (χ1n) is 6.62. The standard InChI is InChI=1S/C17H16N2O3/c1-22-15-5-3-2-4-12(15)8-11-16(20)19-14-9-6-13(7-10-14)17(18)21/h2-11H,1H3,(H2,18,21)(H,19,20)/b11-8+. The summed E-state index contributed by atoms with van der Waals surface area (Å²) in [6.45, 7) is 0. The van der Waals surface area contributed by atoms with Crippen molar-refractivity contribution in [2.24, 2.45) is 5.73 Å². The van der Waals surface area contributed by atoms with Crippen molar-refractivity contribution >= 4 is 23.6 Å². The third-order valence-electron chi connectivity index (χ3n) is 2.99. The summed E-state index contributed by atoms with van der Waals surface area (Å²) in [5.74, 6) is -0.0935. The third-order valence-corrected chi connectivity index (χ3v) is 2.99.